The molecule has 1 heteroatoms. The van der Waals surface area contributed by atoms with Crippen molar-refractivity contribution < 1.29 is 4.79 Å². The minimum Gasteiger partial charge on any atom is -0.290 e. The molecular weight excluding hydrogens is 268 g/mol. The van der Waals surface area contributed by atoms with Crippen LogP contribution in [-0.4, -0.2) is 5.78 Å². The van der Waals surface area contributed by atoms with E-state index >= 15 is 0 Å². The van der Waals surface area contributed by atoms with E-state index in [1.165, 1.54) is 33.4 Å². The molecule has 0 unspecified atom stereocenters. The van der Waals surface area contributed by atoms with E-state index in [1.807, 2.05) is 6.08 Å². The Hall–Kier alpha value is -2.67. The first-order chi connectivity index (χ1) is 10.7. The molecule has 1 nitrogen and oxygen atoms in total. The molecular formula is C21H16O. The second-order valence-electron chi connectivity index (χ2n) is 5.84. The van der Waals surface area contributed by atoms with Gasteiger partial charge < -0.3 is 0 Å². The standard InChI is InChI=1S/C21H16O/c1-14-6-2-4-8-18(14)21-19-9-5-3-7-15(19)12-16-13-17(22)10-11-20(16)21/h2-11,13H,12H2,1H3. The SMILES string of the molecule is Cc1ccccc1C1=C2C=CC(=O)C=C2Cc2ccccc21. The quantitative estimate of drug-likeness (QED) is 0.757. The van der Waals surface area contributed by atoms with Gasteiger partial charge in [-0.3, -0.25) is 4.79 Å². The highest BCUT2D eigenvalue weighted by Gasteiger charge is 2.25. The van der Waals surface area contributed by atoms with Crippen LogP contribution in [0.5, 0.6) is 0 Å². The molecule has 2 aliphatic carbocycles. The Labute approximate surface area is 130 Å². The molecule has 0 heterocycles. The van der Waals surface area contributed by atoms with Gasteiger partial charge >= 0.3 is 0 Å². The van der Waals surface area contributed by atoms with Crippen molar-refractivity contribution in [3.8, 4) is 0 Å². The van der Waals surface area contributed by atoms with Gasteiger partial charge in [0.2, 0.25) is 0 Å². The average molecular weight is 284 g/mol. The molecule has 4 rings (SSSR count). The predicted octanol–water partition coefficient (Wildman–Crippen LogP) is 4.42. The third kappa shape index (κ3) is 1.98. The van der Waals surface area contributed by atoms with Gasteiger partial charge in [-0.1, -0.05) is 54.6 Å². The first-order valence-electron chi connectivity index (χ1n) is 7.55. The highest BCUT2D eigenvalue weighted by atomic mass is 16.1. The number of benzene rings is 2. The Morgan fingerprint density at radius 2 is 1.59 bits per heavy atom. The van der Waals surface area contributed by atoms with Gasteiger partial charge in [0.1, 0.15) is 0 Å². The van der Waals surface area contributed by atoms with Crippen molar-refractivity contribution in [1.29, 1.82) is 0 Å². The highest BCUT2D eigenvalue weighted by Crippen LogP contribution is 2.41. The molecule has 0 fully saturated rings. The molecule has 0 saturated heterocycles. The van der Waals surface area contributed by atoms with Gasteiger partial charge in [-0.05, 0) is 64.5 Å². The number of carbonyl (C=O) groups excluding carboxylic acids is 1. The summed E-state index contributed by atoms with van der Waals surface area (Å²) in [5.41, 5.74) is 8.63. The Morgan fingerprint density at radius 3 is 2.41 bits per heavy atom. The molecule has 106 valence electrons. The van der Waals surface area contributed by atoms with Crippen LogP contribution in [0.4, 0.5) is 0 Å². The number of fused-ring (bicyclic) bond motifs is 2. The third-order valence-electron chi connectivity index (χ3n) is 4.43. The van der Waals surface area contributed by atoms with Crippen molar-refractivity contribution in [2.75, 3.05) is 0 Å². The van der Waals surface area contributed by atoms with Gasteiger partial charge in [0.05, 0.1) is 0 Å². The molecule has 2 aliphatic rings. The normalized spacial score (nSPS) is 16.2. The summed E-state index contributed by atoms with van der Waals surface area (Å²) < 4.78 is 0. The minimum absolute atomic E-state index is 0.0854. The van der Waals surface area contributed by atoms with Crippen LogP contribution in [0, 0.1) is 6.92 Å². The predicted molar refractivity (Wildman–Crippen MR) is 89.6 cm³/mol. The molecule has 0 amide bonds. The maximum atomic E-state index is 11.8. The summed E-state index contributed by atoms with van der Waals surface area (Å²) in [4.78, 5) is 11.8. The Balaban J connectivity index is 2.06. The molecule has 0 bridgehead atoms. The van der Waals surface area contributed by atoms with E-state index in [9.17, 15) is 4.79 Å². The summed E-state index contributed by atoms with van der Waals surface area (Å²) in [5.74, 6) is 0.0854. The van der Waals surface area contributed by atoms with Crippen molar-refractivity contribution in [1.82, 2.24) is 0 Å². The number of hydrogen-bond donors (Lipinski definition) is 0. The van der Waals surface area contributed by atoms with Crippen molar-refractivity contribution >= 4 is 11.4 Å². The lowest BCUT2D eigenvalue weighted by atomic mass is 9.77. The molecule has 22 heavy (non-hydrogen) atoms. The molecule has 0 saturated carbocycles. The molecule has 0 N–H and O–H groups in total. The maximum absolute atomic E-state index is 11.8. The fourth-order valence-electron chi connectivity index (χ4n) is 3.37. The zero-order valence-corrected chi connectivity index (χ0v) is 12.5. The summed E-state index contributed by atoms with van der Waals surface area (Å²) in [7, 11) is 0. The summed E-state index contributed by atoms with van der Waals surface area (Å²) in [6.45, 7) is 2.14. The van der Waals surface area contributed by atoms with Gasteiger partial charge in [0.15, 0.2) is 5.78 Å². The van der Waals surface area contributed by atoms with Gasteiger partial charge in [-0.25, -0.2) is 0 Å². The van der Waals surface area contributed by atoms with Crippen molar-refractivity contribution in [2.24, 2.45) is 0 Å². The molecule has 2 aromatic rings. The molecule has 0 spiro atoms. The van der Waals surface area contributed by atoms with Crippen LogP contribution in [0.1, 0.15) is 22.3 Å². The molecule has 0 radical (unpaired) electrons. The summed E-state index contributed by atoms with van der Waals surface area (Å²) >= 11 is 0. The lowest BCUT2D eigenvalue weighted by molar-refractivity contribution is -0.110. The molecule has 0 aliphatic heterocycles. The van der Waals surface area contributed by atoms with Gasteiger partial charge in [-0.2, -0.15) is 0 Å². The van der Waals surface area contributed by atoms with Gasteiger partial charge in [-0.15, -0.1) is 0 Å². The number of ketones is 1. The largest absolute Gasteiger partial charge is 0.290 e. The van der Waals surface area contributed by atoms with E-state index < -0.39 is 0 Å². The van der Waals surface area contributed by atoms with E-state index in [0.717, 1.165) is 12.0 Å². The van der Waals surface area contributed by atoms with Crippen LogP contribution < -0.4 is 0 Å². The number of aryl methyl sites for hydroxylation is 1. The Bertz CT molecular complexity index is 878. The zero-order chi connectivity index (χ0) is 15.1. The van der Waals surface area contributed by atoms with E-state index in [-0.39, 0.29) is 5.78 Å². The van der Waals surface area contributed by atoms with Crippen LogP contribution in [0.15, 0.2) is 77.9 Å². The Kier molecular flexibility index (Phi) is 2.93. The van der Waals surface area contributed by atoms with Crippen molar-refractivity contribution in [3.05, 3.63) is 100 Å². The third-order valence-corrected chi connectivity index (χ3v) is 4.43. The Morgan fingerprint density at radius 1 is 0.864 bits per heavy atom. The zero-order valence-electron chi connectivity index (χ0n) is 12.5. The second-order valence-corrected chi connectivity index (χ2v) is 5.84. The summed E-state index contributed by atoms with van der Waals surface area (Å²) in [6.07, 6.45) is 6.26. The maximum Gasteiger partial charge on any atom is 0.178 e. The number of rotatable bonds is 1. The minimum atomic E-state index is 0.0854. The summed E-state index contributed by atoms with van der Waals surface area (Å²) in [6, 6.07) is 17.0. The van der Waals surface area contributed by atoms with Gasteiger partial charge in [0, 0.05) is 0 Å². The second kappa shape index (κ2) is 4.96. The van der Waals surface area contributed by atoms with Crippen molar-refractivity contribution in [2.45, 2.75) is 13.3 Å². The molecule has 0 aromatic heterocycles. The van der Waals surface area contributed by atoms with Crippen LogP contribution in [0.3, 0.4) is 0 Å². The number of hydrogen-bond acceptors (Lipinski definition) is 1. The number of allylic oxidation sites excluding steroid dienone is 5. The van der Waals surface area contributed by atoms with Crippen LogP contribution in [0.2, 0.25) is 0 Å². The van der Waals surface area contributed by atoms with E-state index in [4.69, 9.17) is 0 Å². The lowest BCUT2D eigenvalue weighted by Crippen LogP contribution is -2.12. The average Bonchev–Trinajstić information content (AvgIpc) is 2.53. The van der Waals surface area contributed by atoms with Crippen molar-refractivity contribution in [3.63, 3.8) is 0 Å². The molecule has 2 aromatic carbocycles. The van der Waals surface area contributed by atoms with Crippen LogP contribution >= 0.6 is 0 Å². The summed E-state index contributed by atoms with van der Waals surface area (Å²) in [5, 5.41) is 0. The highest BCUT2D eigenvalue weighted by molar-refractivity contribution is 6.05. The van der Waals surface area contributed by atoms with E-state index in [1.54, 1.807) is 12.2 Å². The monoisotopic (exact) mass is 284 g/mol. The van der Waals surface area contributed by atoms with E-state index in [0.29, 0.717) is 0 Å². The topological polar surface area (TPSA) is 17.1 Å². The first-order valence-corrected chi connectivity index (χ1v) is 7.55. The van der Waals surface area contributed by atoms with Crippen LogP contribution in [0.25, 0.3) is 5.57 Å². The van der Waals surface area contributed by atoms with Crippen LogP contribution in [-0.2, 0) is 11.2 Å². The van der Waals surface area contributed by atoms with E-state index in [2.05, 4.69) is 55.5 Å². The fourth-order valence-corrected chi connectivity index (χ4v) is 3.37. The first kappa shape index (κ1) is 13.0. The number of carbonyl (C=O) groups is 1. The smallest absolute Gasteiger partial charge is 0.178 e. The fraction of sp³-hybridized carbons (Fsp3) is 0.0952. The molecule has 0 atom stereocenters. The van der Waals surface area contributed by atoms with Gasteiger partial charge in [0.25, 0.3) is 0 Å². The lowest BCUT2D eigenvalue weighted by Gasteiger charge is -2.27.